The molecule has 2 amide bonds. The second-order valence-electron chi connectivity index (χ2n) is 6.21. The van der Waals surface area contributed by atoms with E-state index in [0.29, 0.717) is 5.92 Å². The van der Waals surface area contributed by atoms with E-state index in [0.717, 1.165) is 38.5 Å². The molecule has 1 N–H and O–H groups in total. The summed E-state index contributed by atoms with van der Waals surface area (Å²) in [7, 11) is 0. The lowest BCUT2D eigenvalue weighted by atomic mass is 9.76. The summed E-state index contributed by atoms with van der Waals surface area (Å²) >= 11 is 0. The molecule has 2 saturated carbocycles. The predicted octanol–water partition coefficient (Wildman–Crippen LogP) is 1.32. The zero-order chi connectivity index (χ0) is 12.9. The first-order valence-electron chi connectivity index (χ1n) is 7.11. The largest absolute Gasteiger partial charge is 0.394 e. The molecule has 4 nitrogen and oxygen atoms in total. The maximum Gasteiger partial charge on any atom is 0.233 e. The van der Waals surface area contributed by atoms with Gasteiger partial charge in [0.15, 0.2) is 0 Å². The summed E-state index contributed by atoms with van der Waals surface area (Å²) in [4.78, 5) is 26.3. The van der Waals surface area contributed by atoms with Crippen molar-refractivity contribution in [2.24, 2.45) is 17.8 Å². The third-order valence-corrected chi connectivity index (χ3v) is 5.37. The number of hydrogen-bond donors (Lipinski definition) is 1. The third kappa shape index (κ3) is 1.41. The van der Waals surface area contributed by atoms with Crippen LogP contribution in [0.5, 0.6) is 0 Å². The van der Waals surface area contributed by atoms with Gasteiger partial charge in [0.25, 0.3) is 0 Å². The van der Waals surface area contributed by atoms with E-state index >= 15 is 0 Å². The average Bonchev–Trinajstić information content (AvgIpc) is 2.83. The van der Waals surface area contributed by atoms with Gasteiger partial charge in [0.05, 0.1) is 24.0 Å². The summed E-state index contributed by atoms with van der Waals surface area (Å²) in [5.41, 5.74) is -0.541. The quantitative estimate of drug-likeness (QED) is 0.770. The van der Waals surface area contributed by atoms with E-state index in [4.69, 9.17) is 0 Å². The van der Waals surface area contributed by atoms with Gasteiger partial charge < -0.3 is 5.11 Å². The Morgan fingerprint density at radius 1 is 1.22 bits per heavy atom. The van der Waals surface area contributed by atoms with Gasteiger partial charge in [-0.1, -0.05) is 13.3 Å². The van der Waals surface area contributed by atoms with Crippen molar-refractivity contribution in [3.05, 3.63) is 0 Å². The minimum atomic E-state index is -0.541. The summed E-state index contributed by atoms with van der Waals surface area (Å²) < 4.78 is 0. The van der Waals surface area contributed by atoms with Crippen molar-refractivity contribution in [2.75, 3.05) is 6.61 Å². The number of amides is 2. The van der Waals surface area contributed by atoms with Gasteiger partial charge in [-0.2, -0.15) is 0 Å². The van der Waals surface area contributed by atoms with E-state index in [1.54, 1.807) is 0 Å². The number of imide groups is 1. The van der Waals surface area contributed by atoms with Gasteiger partial charge in [0, 0.05) is 0 Å². The van der Waals surface area contributed by atoms with Crippen molar-refractivity contribution in [1.29, 1.82) is 0 Å². The minimum Gasteiger partial charge on any atom is -0.394 e. The van der Waals surface area contributed by atoms with Crippen LogP contribution < -0.4 is 0 Å². The zero-order valence-corrected chi connectivity index (χ0v) is 10.9. The number of aliphatic hydroxyl groups excluding tert-OH is 1. The van der Waals surface area contributed by atoms with Crippen molar-refractivity contribution >= 4 is 11.8 Å². The lowest BCUT2D eigenvalue weighted by Gasteiger charge is -2.46. The number of nitrogens with zero attached hydrogens (tertiary/aromatic N) is 1. The SMILES string of the molecule is CCC1CC2C(=O)N(C3(CO)CCC3)C(=O)C2C1. The maximum atomic E-state index is 12.5. The Balaban J connectivity index is 1.84. The van der Waals surface area contributed by atoms with Crippen molar-refractivity contribution in [1.82, 2.24) is 4.90 Å². The Kier molecular flexibility index (Phi) is 2.73. The maximum absolute atomic E-state index is 12.5. The van der Waals surface area contributed by atoms with Crippen LogP contribution in [0.3, 0.4) is 0 Å². The van der Waals surface area contributed by atoms with Crippen molar-refractivity contribution in [3.8, 4) is 0 Å². The van der Waals surface area contributed by atoms with Crippen LogP contribution >= 0.6 is 0 Å². The molecule has 100 valence electrons. The zero-order valence-electron chi connectivity index (χ0n) is 10.9. The highest BCUT2D eigenvalue weighted by Crippen LogP contribution is 2.49. The molecule has 18 heavy (non-hydrogen) atoms. The number of rotatable bonds is 3. The van der Waals surface area contributed by atoms with E-state index in [2.05, 4.69) is 6.92 Å². The van der Waals surface area contributed by atoms with Crippen molar-refractivity contribution in [3.63, 3.8) is 0 Å². The topological polar surface area (TPSA) is 57.6 Å². The van der Waals surface area contributed by atoms with Gasteiger partial charge in [0.1, 0.15) is 0 Å². The molecule has 2 aliphatic carbocycles. The van der Waals surface area contributed by atoms with Crippen molar-refractivity contribution in [2.45, 2.75) is 51.0 Å². The van der Waals surface area contributed by atoms with Gasteiger partial charge in [-0.05, 0) is 38.0 Å². The second-order valence-corrected chi connectivity index (χ2v) is 6.21. The molecule has 4 heteroatoms. The fourth-order valence-electron chi connectivity index (χ4n) is 3.97. The number of likely N-dealkylation sites (tertiary alicyclic amines) is 1. The van der Waals surface area contributed by atoms with Crippen molar-refractivity contribution < 1.29 is 14.7 Å². The average molecular weight is 251 g/mol. The Labute approximate surface area is 107 Å². The van der Waals surface area contributed by atoms with Gasteiger partial charge in [-0.3, -0.25) is 14.5 Å². The molecule has 2 unspecified atom stereocenters. The van der Waals surface area contributed by atoms with Gasteiger partial charge in [0.2, 0.25) is 11.8 Å². The molecule has 2 atom stereocenters. The van der Waals surface area contributed by atoms with Crippen LogP contribution in [0.25, 0.3) is 0 Å². The molecule has 3 fully saturated rings. The first-order valence-corrected chi connectivity index (χ1v) is 7.11. The summed E-state index contributed by atoms with van der Waals surface area (Å²) in [6, 6.07) is 0. The smallest absolute Gasteiger partial charge is 0.233 e. The van der Waals surface area contributed by atoms with E-state index in [-0.39, 0.29) is 30.3 Å². The first kappa shape index (κ1) is 12.2. The third-order valence-electron chi connectivity index (χ3n) is 5.37. The lowest BCUT2D eigenvalue weighted by Crippen LogP contribution is -2.59. The normalized spacial score (nSPS) is 37.9. The van der Waals surface area contributed by atoms with E-state index in [1.807, 2.05) is 0 Å². The number of carbonyl (C=O) groups excluding carboxylic acids is 2. The molecule has 3 aliphatic rings. The molecule has 0 aromatic carbocycles. The molecule has 0 aromatic heterocycles. The van der Waals surface area contributed by atoms with Gasteiger partial charge in [-0.25, -0.2) is 0 Å². The van der Waals surface area contributed by atoms with Crippen LogP contribution in [0.15, 0.2) is 0 Å². The Hall–Kier alpha value is -0.900. The fourth-order valence-corrected chi connectivity index (χ4v) is 3.97. The number of hydrogen-bond acceptors (Lipinski definition) is 3. The van der Waals surface area contributed by atoms with Crippen LogP contribution in [0.4, 0.5) is 0 Å². The Bertz CT molecular complexity index is 359. The monoisotopic (exact) mass is 251 g/mol. The molecule has 1 heterocycles. The van der Waals surface area contributed by atoms with Crippen LogP contribution in [0.1, 0.15) is 45.4 Å². The fraction of sp³-hybridized carbons (Fsp3) is 0.857. The molecular formula is C14H21NO3. The predicted molar refractivity (Wildman–Crippen MR) is 65.5 cm³/mol. The lowest BCUT2D eigenvalue weighted by molar-refractivity contribution is -0.155. The Morgan fingerprint density at radius 3 is 2.11 bits per heavy atom. The molecule has 3 rings (SSSR count). The van der Waals surface area contributed by atoms with E-state index < -0.39 is 5.54 Å². The first-order chi connectivity index (χ1) is 8.63. The van der Waals surface area contributed by atoms with Crippen LogP contribution in [0.2, 0.25) is 0 Å². The molecular weight excluding hydrogens is 230 g/mol. The summed E-state index contributed by atoms with van der Waals surface area (Å²) in [6.07, 6.45) is 5.34. The minimum absolute atomic E-state index is 0.00491. The van der Waals surface area contributed by atoms with Gasteiger partial charge in [-0.15, -0.1) is 0 Å². The molecule has 0 bridgehead atoms. The number of fused-ring (bicyclic) bond motifs is 1. The number of carbonyl (C=O) groups is 2. The van der Waals surface area contributed by atoms with Crippen LogP contribution in [-0.4, -0.2) is 34.0 Å². The van der Waals surface area contributed by atoms with Gasteiger partial charge >= 0.3 is 0 Å². The molecule has 1 saturated heterocycles. The van der Waals surface area contributed by atoms with E-state index in [1.165, 1.54) is 4.90 Å². The molecule has 1 aliphatic heterocycles. The van der Waals surface area contributed by atoms with Crippen LogP contribution in [0, 0.1) is 17.8 Å². The molecule has 0 aromatic rings. The Morgan fingerprint density at radius 2 is 1.78 bits per heavy atom. The summed E-state index contributed by atoms with van der Waals surface area (Å²) in [5, 5.41) is 9.55. The summed E-state index contributed by atoms with van der Waals surface area (Å²) in [5.74, 6) is 0.337. The highest BCUT2D eigenvalue weighted by atomic mass is 16.3. The highest BCUT2D eigenvalue weighted by Gasteiger charge is 2.59. The highest BCUT2D eigenvalue weighted by molar-refractivity contribution is 6.06. The number of aliphatic hydroxyl groups is 1. The standard InChI is InChI=1S/C14H21NO3/c1-2-9-6-10-11(7-9)13(18)15(12(10)17)14(8-16)4-3-5-14/h9-11,16H,2-8H2,1H3. The van der Waals surface area contributed by atoms with Crippen LogP contribution in [-0.2, 0) is 9.59 Å². The molecule has 0 radical (unpaired) electrons. The second kappa shape index (κ2) is 4.05. The molecule has 0 spiro atoms. The summed E-state index contributed by atoms with van der Waals surface area (Å²) in [6.45, 7) is 2.06. The van der Waals surface area contributed by atoms with E-state index in [9.17, 15) is 14.7 Å².